The minimum atomic E-state index is 0.0305. The van der Waals surface area contributed by atoms with E-state index in [0.29, 0.717) is 0 Å². The molecule has 0 radical (unpaired) electrons. The molecule has 4 rings (SSSR count). The molecule has 0 aliphatic carbocycles. The molecule has 0 unspecified atom stereocenters. The van der Waals surface area contributed by atoms with E-state index in [9.17, 15) is 4.79 Å². The topological polar surface area (TPSA) is 32.7 Å². The van der Waals surface area contributed by atoms with E-state index in [2.05, 4.69) is 4.99 Å². The summed E-state index contributed by atoms with van der Waals surface area (Å²) in [7, 11) is 1.51. The van der Waals surface area contributed by atoms with Crippen molar-refractivity contribution in [2.24, 2.45) is 4.99 Å². The minimum absolute atomic E-state index is 0.0305. The highest BCUT2D eigenvalue weighted by molar-refractivity contribution is 8.02. The van der Waals surface area contributed by atoms with Gasteiger partial charge < -0.3 is 0 Å². The van der Waals surface area contributed by atoms with Crippen LogP contribution >= 0.6 is 10.9 Å². The zero-order chi connectivity index (χ0) is 14.4. The van der Waals surface area contributed by atoms with Crippen LogP contribution in [0.2, 0.25) is 0 Å². The van der Waals surface area contributed by atoms with E-state index in [-0.39, 0.29) is 5.91 Å². The number of carbonyl (C=O) groups excluding carboxylic acids is 1. The van der Waals surface area contributed by atoms with Gasteiger partial charge in [-0.3, -0.25) is 9.69 Å². The van der Waals surface area contributed by atoms with Crippen molar-refractivity contribution >= 4 is 43.8 Å². The van der Waals surface area contributed by atoms with E-state index in [1.807, 2.05) is 61.5 Å². The summed E-state index contributed by atoms with van der Waals surface area (Å²) in [6.45, 7) is 1.95. The van der Waals surface area contributed by atoms with E-state index < -0.39 is 0 Å². The van der Waals surface area contributed by atoms with Gasteiger partial charge in [-0.05, 0) is 24.6 Å². The number of anilines is 1. The Morgan fingerprint density at radius 1 is 1.00 bits per heavy atom. The molecule has 0 bridgehead atoms. The Morgan fingerprint density at radius 2 is 1.71 bits per heavy atom. The fourth-order valence-electron chi connectivity index (χ4n) is 2.58. The van der Waals surface area contributed by atoms with Gasteiger partial charge in [0.15, 0.2) is 0 Å². The molecule has 0 saturated heterocycles. The third-order valence-corrected chi connectivity index (χ3v) is 4.84. The first-order valence-electron chi connectivity index (χ1n) is 6.72. The number of hydrogen-bond donors (Lipinski definition) is 0. The monoisotopic (exact) mass is 292 g/mol. The van der Waals surface area contributed by atoms with Gasteiger partial charge in [0.2, 0.25) is 0 Å². The zero-order valence-corrected chi connectivity index (χ0v) is 12.2. The maximum absolute atomic E-state index is 12.8. The molecule has 0 aromatic heterocycles. The third-order valence-electron chi connectivity index (χ3n) is 3.56. The number of amides is 1. The van der Waals surface area contributed by atoms with Crippen LogP contribution in [0.5, 0.6) is 0 Å². The maximum atomic E-state index is 12.8. The Bertz CT molecular complexity index is 861. The SMILES string of the molecule is CC1=Nc2ccccc2N2C(=O)C(c3ccccc3)=S=C12. The molecule has 0 N–H and O–H groups in total. The molecule has 3 nitrogen and oxygen atoms in total. The quantitative estimate of drug-likeness (QED) is 0.743. The smallest absolute Gasteiger partial charge is 0.267 e. The number of hydrogen-bond acceptors (Lipinski definition) is 2. The van der Waals surface area contributed by atoms with Crippen LogP contribution in [-0.4, -0.2) is 21.5 Å². The summed E-state index contributed by atoms with van der Waals surface area (Å²) in [5.74, 6) is 0.0305. The Morgan fingerprint density at radius 3 is 2.52 bits per heavy atom. The fourth-order valence-corrected chi connectivity index (χ4v) is 3.67. The van der Waals surface area contributed by atoms with Crippen molar-refractivity contribution in [1.29, 1.82) is 0 Å². The number of nitrogens with zero attached hydrogens (tertiary/aromatic N) is 2. The standard InChI is InChI=1S/C17H12N2OS/c1-11-17-19(14-10-6-5-9-13(14)18-11)16(20)15(21-17)12-7-3-2-4-8-12/h2-10H,1H3. The molecule has 4 heteroatoms. The van der Waals surface area contributed by atoms with Crippen LogP contribution in [-0.2, 0) is 4.79 Å². The lowest BCUT2D eigenvalue weighted by Crippen LogP contribution is -2.40. The molecular formula is C17H12N2OS. The summed E-state index contributed by atoms with van der Waals surface area (Å²) in [5.41, 5.74) is 3.56. The molecule has 1 amide bonds. The molecule has 2 aliphatic rings. The van der Waals surface area contributed by atoms with Crippen molar-refractivity contribution in [3.8, 4) is 0 Å². The van der Waals surface area contributed by atoms with Gasteiger partial charge in [0.05, 0.1) is 17.1 Å². The average Bonchev–Trinajstić information content (AvgIpc) is 2.87. The van der Waals surface area contributed by atoms with Crippen LogP contribution in [0.4, 0.5) is 11.4 Å². The molecule has 2 aliphatic heterocycles. The predicted molar refractivity (Wildman–Crippen MR) is 89.8 cm³/mol. The van der Waals surface area contributed by atoms with Crippen molar-refractivity contribution in [2.45, 2.75) is 6.92 Å². The van der Waals surface area contributed by atoms with Crippen LogP contribution in [0, 0.1) is 0 Å². The average molecular weight is 292 g/mol. The van der Waals surface area contributed by atoms with Crippen molar-refractivity contribution in [2.75, 3.05) is 4.90 Å². The molecular weight excluding hydrogens is 280 g/mol. The Labute approximate surface area is 126 Å². The Hall–Kier alpha value is -2.46. The molecule has 0 fully saturated rings. The first-order chi connectivity index (χ1) is 10.3. The van der Waals surface area contributed by atoms with Gasteiger partial charge in [-0.25, -0.2) is 4.99 Å². The molecule has 0 atom stereocenters. The van der Waals surface area contributed by atoms with Crippen molar-refractivity contribution < 1.29 is 4.79 Å². The highest BCUT2D eigenvalue weighted by atomic mass is 32.1. The highest BCUT2D eigenvalue weighted by Gasteiger charge is 2.34. The van der Waals surface area contributed by atoms with Gasteiger partial charge in [-0.1, -0.05) is 42.5 Å². The number of rotatable bonds is 1. The molecule has 2 heterocycles. The zero-order valence-electron chi connectivity index (χ0n) is 11.4. The molecule has 2 aromatic rings. The molecule has 102 valence electrons. The Balaban J connectivity index is 1.92. The van der Waals surface area contributed by atoms with E-state index >= 15 is 0 Å². The Kier molecular flexibility index (Phi) is 2.65. The van der Waals surface area contributed by atoms with Crippen molar-refractivity contribution in [3.63, 3.8) is 0 Å². The summed E-state index contributed by atoms with van der Waals surface area (Å²) in [5, 5.41) is 0. The van der Waals surface area contributed by atoms with Gasteiger partial charge >= 0.3 is 0 Å². The van der Waals surface area contributed by atoms with Gasteiger partial charge in [-0.15, -0.1) is 10.9 Å². The molecule has 0 saturated carbocycles. The van der Waals surface area contributed by atoms with Gasteiger partial charge in [0.25, 0.3) is 5.91 Å². The lowest BCUT2D eigenvalue weighted by molar-refractivity contribution is -0.111. The van der Waals surface area contributed by atoms with Gasteiger partial charge in [0, 0.05) is 0 Å². The van der Waals surface area contributed by atoms with E-state index in [1.54, 1.807) is 4.90 Å². The number of benzene rings is 2. The lowest BCUT2D eigenvalue weighted by Gasteiger charge is -2.25. The number of fused-ring (bicyclic) bond motifs is 3. The lowest BCUT2D eigenvalue weighted by atomic mass is 10.1. The van der Waals surface area contributed by atoms with Crippen LogP contribution < -0.4 is 4.90 Å². The summed E-state index contributed by atoms with van der Waals surface area (Å²) >= 11 is 0. The summed E-state index contributed by atoms with van der Waals surface area (Å²) in [4.78, 5) is 20.9. The summed E-state index contributed by atoms with van der Waals surface area (Å²) in [6, 6.07) is 17.6. The van der Waals surface area contributed by atoms with Crippen molar-refractivity contribution in [1.82, 2.24) is 0 Å². The minimum Gasteiger partial charge on any atom is -0.267 e. The molecule has 0 spiro atoms. The summed E-state index contributed by atoms with van der Waals surface area (Å²) in [6.07, 6.45) is 0. The molecule has 2 aromatic carbocycles. The number of para-hydroxylation sites is 2. The highest BCUT2D eigenvalue weighted by Crippen LogP contribution is 2.35. The number of carbonyl (C=O) groups is 1. The van der Waals surface area contributed by atoms with E-state index in [0.717, 1.165) is 32.5 Å². The van der Waals surface area contributed by atoms with Gasteiger partial charge in [-0.2, -0.15) is 0 Å². The summed E-state index contributed by atoms with van der Waals surface area (Å²) < 4.78 is 0. The normalized spacial score (nSPS) is 16.3. The second-order valence-corrected chi connectivity index (χ2v) is 5.93. The van der Waals surface area contributed by atoms with Crippen LogP contribution in [0.25, 0.3) is 0 Å². The first-order valence-corrected chi connectivity index (χ1v) is 7.53. The largest absolute Gasteiger partial charge is 0.274 e. The van der Waals surface area contributed by atoms with Crippen LogP contribution in [0.3, 0.4) is 0 Å². The first kappa shape index (κ1) is 12.3. The predicted octanol–water partition coefficient (Wildman–Crippen LogP) is 3.22. The third kappa shape index (κ3) is 1.80. The second kappa shape index (κ2) is 4.53. The van der Waals surface area contributed by atoms with Gasteiger partial charge in [0.1, 0.15) is 9.85 Å². The van der Waals surface area contributed by atoms with Crippen molar-refractivity contribution in [3.05, 3.63) is 60.2 Å². The van der Waals surface area contributed by atoms with E-state index in [1.165, 1.54) is 10.9 Å². The fraction of sp³-hybridized carbons (Fsp3) is 0.0588. The second-order valence-electron chi connectivity index (χ2n) is 4.93. The van der Waals surface area contributed by atoms with E-state index in [4.69, 9.17) is 0 Å². The maximum Gasteiger partial charge on any atom is 0.274 e. The van der Waals surface area contributed by atoms with Crippen LogP contribution in [0.15, 0.2) is 59.6 Å². The molecule has 21 heavy (non-hydrogen) atoms. The van der Waals surface area contributed by atoms with Crippen LogP contribution in [0.1, 0.15) is 12.5 Å². The number of aliphatic imine (C=N–C) groups is 1.